The molecule has 1 amide bonds. The molecule has 5 heteroatoms. The first kappa shape index (κ1) is 19.2. The minimum atomic E-state index is -0.230. The predicted octanol–water partition coefficient (Wildman–Crippen LogP) is 3.87. The summed E-state index contributed by atoms with van der Waals surface area (Å²) in [7, 11) is 3.07. The van der Waals surface area contributed by atoms with Gasteiger partial charge in [0.1, 0.15) is 0 Å². The Morgan fingerprint density at radius 1 is 0.964 bits per heavy atom. The van der Waals surface area contributed by atoms with Gasteiger partial charge < -0.3 is 14.8 Å². The lowest BCUT2D eigenvalue weighted by Crippen LogP contribution is -2.24. The number of carbonyl (C=O) groups excluding carboxylic acids is 2. The number of amides is 1. The van der Waals surface area contributed by atoms with E-state index < -0.39 is 0 Å². The van der Waals surface area contributed by atoms with Crippen LogP contribution in [0.1, 0.15) is 15.9 Å². The van der Waals surface area contributed by atoms with Crippen LogP contribution < -0.4 is 14.8 Å². The second-order valence-corrected chi connectivity index (χ2v) is 6.13. The minimum absolute atomic E-state index is 0.0790. The van der Waals surface area contributed by atoms with E-state index in [0.717, 1.165) is 16.3 Å². The molecular formula is C23H21NO4. The number of hydrogen-bond donors (Lipinski definition) is 1. The molecule has 0 spiro atoms. The SMILES string of the molecule is CNC(=O)COc1ccc(/C=C/C(=O)c2ccc3ccccc3c2)cc1OC. The molecule has 0 saturated carbocycles. The van der Waals surface area contributed by atoms with Crippen molar-refractivity contribution in [3.63, 3.8) is 0 Å². The molecule has 1 N–H and O–H groups in total. The normalized spacial score (nSPS) is 10.8. The van der Waals surface area contributed by atoms with Crippen LogP contribution in [0.25, 0.3) is 16.8 Å². The van der Waals surface area contributed by atoms with E-state index in [1.807, 2.05) is 42.5 Å². The highest BCUT2D eigenvalue weighted by Gasteiger charge is 2.08. The Morgan fingerprint density at radius 2 is 1.75 bits per heavy atom. The van der Waals surface area contributed by atoms with Gasteiger partial charge in [-0.25, -0.2) is 0 Å². The van der Waals surface area contributed by atoms with Crippen LogP contribution in [-0.2, 0) is 4.79 Å². The van der Waals surface area contributed by atoms with Crippen LogP contribution >= 0.6 is 0 Å². The van der Waals surface area contributed by atoms with Crippen molar-refractivity contribution in [2.75, 3.05) is 20.8 Å². The van der Waals surface area contributed by atoms with Crippen LogP contribution in [0.5, 0.6) is 11.5 Å². The molecule has 0 heterocycles. The van der Waals surface area contributed by atoms with Crippen molar-refractivity contribution < 1.29 is 19.1 Å². The summed E-state index contributed by atoms with van der Waals surface area (Å²) in [5.74, 6) is 0.644. The van der Waals surface area contributed by atoms with Gasteiger partial charge in [-0.05, 0) is 40.6 Å². The fourth-order valence-electron chi connectivity index (χ4n) is 2.73. The predicted molar refractivity (Wildman–Crippen MR) is 110 cm³/mol. The number of methoxy groups -OCH3 is 1. The zero-order valence-corrected chi connectivity index (χ0v) is 15.8. The molecule has 3 rings (SSSR count). The van der Waals surface area contributed by atoms with Gasteiger partial charge in [-0.1, -0.05) is 48.5 Å². The number of allylic oxidation sites excluding steroid dienone is 1. The summed E-state index contributed by atoms with van der Waals surface area (Å²) in [5, 5.41) is 4.62. The Kier molecular flexibility index (Phi) is 6.07. The minimum Gasteiger partial charge on any atom is -0.493 e. The summed E-state index contributed by atoms with van der Waals surface area (Å²) in [6.07, 6.45) is 3.26. The van der Waals surface area contributed by atoms with E-state index in [1.54, 1.807) is 31.3 Å². The molecule has 3 aromatic carbocycles. The lowest BCUT2D eigenvalue weighted by molar-refractivity contribution is -0.122. The summed E-state index contributed by atoms with van der Waals surface area (Å²) in [4.78, 5) is 23.8. The summed E-state index contributed by atoms with van der Waals surface area (Å²) < 4.78 is 10.8. The first-order valence-electron chi connectivity index (χ1n) is 8.83. The molecule has 28 heavy (non-hydrogen) atoms. The molecule has 3 aromatic rings. The average molecular weight is 375 g/mol. The van der Waals surface area contributed by atoms with Crippen molar-refractivity contribution in [1.29, 1.82) is 0 Å². The van der Waals surface area contributed by atoms with Crippen LogP contribution in [0.15, 0.2) is 66.7 Å². The van der Waals surface area contributed by atoms with Gasteiger partial charge in [-0.3, -0.25) is 9.59 Å². The summed E-state index contributed by atoms with van der Waals surface area (Å²) >= 11 is 0. The van der Waals surface area contributed by atoms with Crippen molar-refractivity contribution in [2.45, 2.75) is 0 Å². The number of ether oxygens (including phenoxy) is 2. The van der Waals surface area contributed by atoms with Gasteiger partial charge in [0.15, 0.2) is 23.9 Å². The summed E-state index contributed by atoms with van der Waals surface area (Å²) in [5.41, 5.74) is 1.42. The number of ketones is 1. The smallest absolute Gasteiger partial charge is 0.257 e. The van der Waals surface area contributed by atoms with Crippen LogP contribution in [0.4, 0.5) is 0 Å². The van der Waals surface area contributed by atoms with Gasteiger partial charge >= 0.3 is 0 Å². The first-order chi connectivity index (χ1) is 13.6. The quantitative estimate of drug-likeness (QED) is 0.503. The van der Waals surface area contributed by atoms with Gasteiger partial charge in [0, 0.05) is 12.6 Å². The molecule has 0 unspecified atom stereocenters. The van der Waals surface area contributed by atoms with Crippen molar-refractivity contribution in [3.05, 3.63) is 77.9 Å². The molecular weight excluding hydrogens is 354 g/mol. The number of carbonyl (C=O) groups is 2. The van der Waals surface area contributed by atoms with Gasteiger partial charge in [0.25, 0.3) is 5.91 Å². The Labute approximate surface area is 163 Å². The Morgan fingerprint density at radius 3 is 2.50 bits per heavy atom. The Bertz CT molecular complexity index is 1040. The topological polar surface area (TPSA) is 64.6 Å². The van der Waals surface area contributed by atoms with Gasteiger partial charge in [0.05, 0.1) is 7.11 Å². The van der Waals surface area contributed by atoms with E-state index in [2.05, 4.69) is 5.32 Å². The summed E-state index contributed by atoms with van der Waals surface area (Å²) in [6, 6.07) is 18.8. The van der Waals surface area contributed by atoms with Crippen molar-refractivity contribution in [3.8, 4) is 11.5 Å². The maximum Gasteiger partial charge on any atom is 0.257 e. The molecule has 5 nitrogen and oxygen atoms in total. The fourth-order valence-corrected chi connectivity index (χ4v) is 2.73. The average Bonchev–Trinajstić information content (AvgIpc) is 2.75. The maximum absolute atomic E-state index is 12.5. The molecule has 0 radical (unpaired) electrons. The molecule has 142 valence electrons. The second kappa shape index (κ2) is 8.86. The lowest BCUT2D eigenvalue weighted by atomic mass is 10.0. The summed E-state index contributed by atoms with van der Waals surface area (Å²) in [6.45, 7) is -0.0947. The number of fused-ring (bicyclic) bond motifs is 1. The Balaban J connectivity index is 1.75. The van der Waals surface area contributed by atoms with Crippen molar-refractivity contribution >= 4 is 28.5 Å². The first-order valence-corrected chi connectivity index (χ1v) is 8.83. The van der Waals surface area contributed by atoms with Crippen molar-refractivity contribution in [2.24, 2.45) is 0 Å². The van der Waals surface area contributed by atoms with Crippen molar-refractivity contribution in [1.82, 2.24) is 5.32 Å². The van der Waals surface area contributed by atoms with Crippen LogP contribution in [0.2, 0.25) is 0 Å². The number of likely N-dealkylation sites (N-methyl/N-ethyl adjacent to an activating group) is 1. The molecule has 0 fully saturated rings. The van der Waals surface area contributed by atoms with Crippen LogP contribution in [0, 0.1) is 0 Å². The molecule has 0 bridgehead atoms. The van der Waals surface area contributed by atoms with E-state index >= 15 is 0 Å². The van der Waals surface area contributed by atoms with E-state index in [4.69, 9.17) is 9.47 Å². The molecule has 0 atom stereocenters. The third-order valence-corrected chi connectivity index (χ3v) is 4.29. The maximum atomic E-state index is 12.5. The largest absolute Gasteiger partial charge is 0.493 e. The lowest BCUT2D eigenvalue weighted by Gasteiger charge is -2.10. The molecule has 0 saturated heterocycles. The van der Waals surface area contributed by atoms with Gasteiger partial charge in [-0.2, -0.15) is 0 Å². The van der Waals surface area contributed by atoms with Gasteiger partial charge in [-0.15, -0.1) is 0 Å². The molecule has 0 aliphatic rings. The third kappa shape index (κ3) is 4.57. The zero-order chi connectivity index (χ0) is 19.9. The highest BCUT2D eigenvalue weighted by Crippen LogP contribution is 2.28. The highest BCUT2D eigenvalue weighted by atomic mass is 16.5. The fraction of sp³-hybridized carbons (Fsp3) is 0.130. The number of nitrogens with one attached hydrogen (secondary N) is 1. The highest BCUT2D eigenvalue weighted by molar-refractivity contribution is 6.08. The van der Waals surface area contributed by atoms with E-state index in [0.29, 0.717) is 17.1 Å². The monoisotopic (exact) mass is 375 g/mol. The molecule has 0 aliphatic carbocycles. The number of rotatable bonds is 7. The van der Waals surface area contributed by atoms with Crippen LogP contribution in [0.3, 0.4) is 0 Å². The second-order valence-electron chi connectivity index (χ2n) is 6.13. The van der Waals surface area contributed by atoms with E-state index in [1.165, 1.54) is 13.2 Å². The Hall–Kier alpha value is -3.60. The van der Waals surface area contributed by atoms with Crippen LogP contribution in [-0.4, -0.2) is 32.5 Å². The van der Waals surface area contributed by atoms with E-state index in [9.17, 15) is 9.59 Å². The zero-order valence-electron chi connectivity index (χ0n) is 15.8. The van der Waals surface area contributed by atoms with E-state index in [-0.39, 0.29) is 18.3 Å². The number of benzene rings is 3. The number of hydrogen-bond acceptors (Lipinski definition) is 4. The molecule has 0 aliphatic heterocycles. The van der Waals surface area contributed by atoms with Gasteiger partial charge in [0.2, 0.25) is 0 Å². The third-order valence-electron chi connectivity index (χ3n) is 4.29. The standard InChI is InChI=1S/C23H21NO4/c1-24-23(26)15-28-21-12-8-16(13-22(21)27-2)7-11-20(25)19-10-9-17-5-3-4-6-18(17)14-19/h3-14H,15H2,1-2H3,(H,24,26)/b11-7+. The molecule has 0 aromatic heterocycles.